The molecule has 0 spiro atoms. The molecule has 1 saturated heterocycles. The summed E-state index contributed by atoms with van der Waals surface area (Å²) in [6.45, 7) is 7.06. The van der Waals surface area contributed by atoms with Gasteiger partial charge in [-0.25, -0.2) is 5.84 Å². The molecule has 4 N–H and O–H groups in total. The van der Waals surface area contributed by atoms with Crippen LogP contribution < -0.4 is 16.6 Å². The number of methoxy groups -OCH3 is 1. The number of guanidine groups is 1. The van der Waals surface area contributed by atoms with Crippen LogP contribution in [0.1, 0.15) is 26.2 Å². The Hall–Kier alpha value is -0.850. The number of hydrogen-bond acceptors (Lipinski definition) is 4. The molecule has 0 aromatic heterocycles. The lowest BCUT2D eigenvalue weighted by atomic mass is 10.3. The predicted octanol–water partition coefficient (Wildman–Crippen LogP) is -0.0839. The molecule has 0 bridgehead atoms. The molecule has 0 aliphatic carbocycles. The highest BCUT2D eigenvalue weighted by Gasteiger charge is 2.14. The van der Waals surface area contributed by atoms with Crippen LogP contribution in [-0.4, -0.2) is 56.8 Å². The van der Waals surface area contributed by atoms with Gasteiger partial charge >= 0.3 is 0 Å². The van der Waals surface area contributed by atoms with E-state index in [0.29, 0.717) is 12.0 Å². The van der Waals surface area contributed by atoms with Crippen molar-refractivity contribution in [3.05, 3.63) is 0 Å². The Labute approximate surface area is 110 Å². The molecule has 6 nitrogen and oxygen atoms in total. The highest BCUT2D eigenvalue weighted by atomic mass is 16.5. The third kappa shape index (κ3) is 6.18. The SMILES string of the molecule is COCCCN=C(NN)NC(C)CN1CCCC1. The summed E-state index contributed by atoms with van der Waals surface area (Å²) in [6.07, 6.45) is 3.55. The molecule has 1 aliphatic rings. The minimum atomic E-state index is 0.348. The first-order chi connectivity index (χ1) is 8.76. The quantitative estimate of drug-likeness (QED) is 0.195. The normalized spacial score (nSPS) is 18.9. The lowest BCUT2D eigenvalue weighted by Crippen LogP contribution is -2.49. The topological polar surface area (TPSA) is 74.9 Å². The highest BCUT2D eigenvalue weighted by Crippen LogP contribution is 2.07. The van der Waals surface area contributed by atoms with E-state index in [-0.39, 0.29) is 0 Å². The lowest BCUT2D eigenvalue weighted by Gasteiger charge is -2.22. The second kappa shape index (κ2) is 9.13. The van der Waals surface area contributed by atoms with Gasteiger partial charge < -0.3 is 15.0 Å². The van der Waals surface area contributed by atoms with E-state index in [1.54, 1.807) is 7.11 Å². The van der Waals surface area contributed by atoms with Gasteiger partial charge in [0, 0.05) is 32.8 Å². The van der Waals surface area contributed by atoms with Crippen molar-refractivity contribution < 1.29 is 4.74 Å². The monoisotopic (exact) mass is 257 g/mol. The van der Waals surface area contributed by atoms with E-state index in [1.165, 1.54) is 25.9 Å². The Kier molecular flexibility index (Phi) is 7.71. The third-order valence-electron chi connectivity index (χ3n) is 3.03. The van der Waals surface area contributed by atoms with Gasteiger partial charge in [-0.05, 0) is 39.3 Å². The first-order valence-corrected chi connectivity index (χ1v) is 6.75. The summed E-state index contributed by atoms with van der Waals surface area (Å²) in [5.41, 5.74) is 2.61. The lowest BCUT2D eigenvalue weighted by molar-refractivity contribution is 0.197. The van der Waals surface area contributed by atoms with Crippen LogP contribution >= 0.6 is 0 Å². The van der Waals surface area contributed by atoms with E-state index in [4.69, 9.17) is 10.6 Å². The van der Waals surface area contributed by atoms with Gasteiger partial charge in [0.2, 0.25) is 5.96 Å². The molecule has 0 aromatic carbocycles. The zero-order valence-corrected chi connectivity index (χ0v) is 11.6. The van der Waals surface area contributed by atoms with Crippen molar-refractivity contribution in [2.24, 2.45) is 10.8 Å². The van der Waals surface area contributed by atoms with Gasteiger partial charge in [-0.15, -0.1) is 0 Å². The Morgan fingerprint density at radius 2 is 2.17 bits per heavy atom. The van der Waals surface area contributed by atoms with Crippen LogP contribution in [0.4, 0.5) is 0 Å². The molecule has 0 amide bonds. The van der Waals surface area contributed by atoms with E-state index in [1.807, 2.05) is 0 Å². The molecule has 6 heteroatoms. The maximum atomic E-state index is 5.46. The number of rotatable bonds is 7. The molecule has 1 unspecified atom stereocenters. The van der Waals surface area contributed by atoms with Crippen molar-refractivity contribution in [2.45, 2.75) is 32.2 Å². The smallest absolute Gasteiger partial charge is 0.205 e. The van der Waals surface area contributed by atoms with Gasteiger partial charge in [0.25, 0.3) is 0 Å². The zero-order valence-electron chi connectivity index (χ0n) is 11.6. The summed E-state index contributed by atoms with van der Waals surface area (Å²) in [7, 11) is 1.70. The van der Waals surface area contributed by atoms with Gasteiger partial charge in [0.15, 0.2) is 0 Å². The van der Waals surface area contributed by atoms with E-state index >= 15 is 0 Å². The molecule has 1 aliphatic heterocycles. The minimum Gasteiger partial charge on any atom is -0.385 e. The van der Waals surface area contributed by atoms with Crippen molar-refractivity contribution in [3.63, 3.8) is 0 Å². The Morgan fingerprint density at radius 3 is 2.78 bits per heavy atom. The fraction of sp³-hybridized carbons (Fsp3) is 0.917. The molecule has 1 fully saturated rings. The number of aliphatic imine (C=N–C) groups is 1. The number of hydrazine groups is 1. The molecule has 0 saturated carbocycles. The Morgan fingerprint density at radius 1 is 1.44 bits per heavy atom. The van der Waals surface area contributed by atoms with Crippen molar-refractivity contribution >= 4 is 5.96 Å². The second-order valence-electron chi connectivity index (χ2n) is 4.77. The van der Waals surface area contributed by atoms with Crippen LogP contribution in [0, 0.1) is 0 Å². The summed E-state index contributed by atoms with van der Waals surface area (Å²) in [6, 6.07) is 0.348. The molecule has 0 aromatic rings. The molecular formula is C12H27N5O. The maximum absolute atomic E-state index is 5.46. The summed E-state index contributed by atoms with van der Waals surface area (Å²) < 4.78 is 4.98. The average Bonchev–Trinajstić information content (AvgIpc) is 2.85. The predicted molar refractivity (Wildman–Crippen MR) is 74.4 cm³/mol. The fourth-order valence-electron chi connectivity index (χ4n) is 2.16. The number of nitrogens with two attached hydrogens (primary N) is 1. The summed E-state index contributed by atoms with van der Waals surface area (Å²) in [5.74, 6) is 6.12. The molecule has 1 rings (SSSR count). The molecule has 18 heavy (non-hydrogen) atoms. The summed E-state index contributed by atoms with van der Waals surface area (Å²) >= 11 is 0. The van der Waals surface area contributed by atoms with Crippen LogP contribution in [0.25, 0.3) is 0 Å². The van der Waals surface area contributed by atoms with Crippen molar-refractivity contribution in [1.82, 2.24) is 15.6 Å². The maximum Gasteiger partial charge on any atom is 0.205 e. The summed E-state index contributed by atoms with van der Waals surface area (Å²) in [5, 5.41) is 3.30. The zero-order chi connectivity index (χ0) is 13.2. The molecule has 1 heterocycles. The molecule has 0 radical (unpaired) electrons. The van der Waals surface area contributed by atoms with E-state index in [0.717, 1.165) is 26.1 Å². The van der Waals surface area contributed by atoms with Crippen molar-refractivity contribution in [3.8, 4) is 0 Å². The number of nitrogens with zero attached hydrogens (tertiary/aromatic N) is 2. The van der Waals surface area contributed by atoms with E-state index < -0.39 is 0 Å². The van der Waals surface area contributed by atoms with E-state index in [9.17, 15) is 0 Å². The number of ether oxygens (including phenoxy) is 1. The molecule has 106 valence electrons. The van der Waals surface area contributed by atoms with Gasteiger partial charge in [0.1, 0.15) is 0 Å². The highest BCUT2D eigenvalue weighted by molar-refractivity contribution is 5.79. The van der Waals surface area contributed by atoms with Gasteiger partial charge in [-0.2, -0.15) is 0 Å². The largest absolute Gasteiger partial charge is 0.385 e. The third-order valence-corrected chi connectivity index (χ3v) is 3.03. The first-order valence-electron chi connectivity index (χ1n) is 6.75. The molecule has 1 atom stereocenters. The second-order valence-corrected chi connectivity index (χ2v) is 4.77. The van der Waals surface area contributed by atoms with Gasteiger partial charge in [0.05, 0.1) is 0 Å². The van der Waals surface area contributed by atoms with Gasteiger partial charge in [-0.3, -0.25) is 10.4 Å². The Bertz CT molecular complexity index is 241. The van der Waals surface area contributed by atoms with Crippen LogP contribution in [-0.2, 0) is 4.74 Å². The van der Waals surface area contributed by atoms with Crippen LogP contribution in [0.5, 0.6) is 0 Å². The van der Waals surface area contributed by atoms with Crippen LogP contribution in [0.2, 0.25) is 0 Å². The number of nitrogens with one attached hydrogen (secondary N) is 2. The summed E-state index contributed by atoms with van der Waals surface area (Å²) in [4.78, 5) is 6.83. The number of hydrogen-bond donors (Lipinski definition) is 3. The minimum absolute atomic E-state index is 0.348. The fourth-order valence-corrected chi connectivity index (χ4v) is 2.16. The van der Waals surface area contributed by atoms with Crippen molar-refractivity contribution in [1.29, 1.82) is 0 Å². The first kappa shape index (κ1) is 15.2. The number of likely N-dealkylation sites (tertiary alicyclic amines) is 1. The van der Waals surface area contributed by atoms with Crippen LogP contribution in [0.15, 0.2) is 4.99 Å². The molecular weight excluding hydrogens is 230 g/mol. The van der Waals surface area contributed by atoms with Crippen molar-refractivity contribution in [2.75, 3.05) is 39.9 Å². The standard InChI is InChI=1S/C12H27N5O/c1-11(10-17-7-3-4-8-17)15-12(16-13)14-6-5-9-18-2/h11H,3-10,13H2,1-2H3,(H2,14,15,16). The van der Waals surface area contributed by atoms with E-state index in [2.05, 4.69) is 27.6 Å². The Balaban J connectivity index is 2.22. The average molecular weight is 257 g/mol. The van der Waals surface area contributed by atoms with Gasteiger partial charge in [-0.1, -0.05) is 0 Å². The van der Waals surface area contributed by atoms with Crippen LogP contribution in [0.3, 0.4) is 0 Å².